The monoisotopic (exact) mass is 390 g/mol. The van der Waals surface area contributed by atoms with Gasteiger partial charge in [-0.2, -0.15) is 5.10 Å². The first-order valence-electron chi connectivity index (χ1n) is 7.93. The quantitative estimate of drug-likeness (QED) is 0.716. The van der Waals surface area contributed by atoms with Crippen molar-refractivity contribution in [3.8, 4) is 10.6 Å². The van der Waals surface area contributed by atoms with E-state index in [1.54, 1.807) is 11.1 Å². The van der Waals surface area contributed by atoms with Crippen LogP contribution < -0.4 is 5.32 Å². The summed E-state index contributed by atoms with van der Waals surface area (Å²) in [4.78, 5) is 23.9. The van der Waals surface area contributed by atoms with Crippen LogP contribution in [0.5, 0.6) is 0 Å². The van der Waals surface area contributed by atoms with E-state index in [0.717, 1.165) is 10.6 Å². The summed E-state index contributed by atoms with van der Waals surface area (Å²) in [6, 6.07) is 6.89. The first kappa shape index (κ1) is 17.0. The second kappa shape index (κ2) is 7.40. The van der Waals surface area contributed by atoms with Crippen molar-refractivity contribution in [1.82, 2.24) is 25.1 Å². The van der Waals surface area contributed by atoms with Gasteiger partial charge in [0.1, 0.15) is 18.2 Å². The predicted octanol–water partition coefficient (Wildman–Crippen LogP) is 3.19. The van der Waals surface area contributed by atoms with E-state index in [-0.39, 0.29) is 12.1 Å². The van der Waals surface area contributed by atoms with E-state index >= 15 is 0 Å². The average Bonchev–Trinajstić information content (AvgIpc) is 3.34. The Hall–Kier alpha value is -2.49. The molecule has 0 aromatic carbocycles. The Morgan fingerprint density at radius 3 is 2.96 bits per heavy atom. The molecule has 26 heavy (non-hydrogen) atoms. The number of carbonyl (C=O) groups excluding carboxylic acids is 1. The summed E-state index contributed by atoms with van der Waals surface area (Å²) in [6.07, 6.45) is 3.05. The van der Waals surface area contributed by atoms with Gasteiger partial charge < -0.3 is 15.0 Å². The van der Waals surface area contributed by atoms with E-state index < -0.39 is 0 Å². The molecule has 134 valence electrons. The van der Waals surface area contributed by atoms with Gasteiger partial charge in [-0.3, -0.25) is 10.1 Å². The van der Waals surface area contributed by atoms with Crippen molar-refractivity contribution in [2.75, 3.05) is 25.1 Å². The Morgan fingerprint density at radius 1 is 1.35 bits per heavy atom. The molecule has 0 aliphatic carbocycles. The maximum absolute atomic E-state index is 12.7. The molecule has 1 saturated heterocycles. The van der Waals surface area contributed by atoms with Crippen LogP contribution in [-0.2, 0) is 4.74 Å². The highest BCUT2D eigenvalue weighted by Crippen LogP contribution is 2.30. The normalized spacial score (nSPS) is 17.3. The van der Waals surface area contributed by atoms with Crippen LogP contribution in [0.3, 0.4) is 0 Å². The molecule has 0 saturated carbocycles. The first-order chi connectivity index (χ1) is 12.7. The van der Waals surface area contributed by atoms with Crippen LogP contribution in [0.15, 0.2) is 36.8 Å². The average molecular weight is 391 g/mol. The summed E-state index contributed by atoms with van der Waals surface area (Å²) in [5.41, 5.74) is 1.43. The van der Waals surface area contributed by atoms with Crippen LogP contribution in [0.4, 0.5) is 10.5 Å². The standard InChI is InChI=1S/C16H15ClN6O2S/c17-14-4-3-13(26-14)11-2-1-10(7-18-11)21-16(24)23-5-6-25-8-12(23)15-19-9-20-22-15/h1-4,7,9,12H,5-6,8H2,(H,21,24)(H,19,20,22). The number of pyridine rings is 1. The summed E-state index contributed by atoms with van der Waals surface area (Å²) in [6.45, 7) is 1.32. The van der Waals surface area contributed by atoms with Gasteiger partial charge in [-0.25, -0.2) is 9.78 Å². The minimum Gasteiger partial charge on any atom is -0.377 e. The minimum absolute atomic E-state index is 0.233. The molecule has 0 spiro atoms. The zero-order valence-electron chi connectivity index (χ0n) is 13.6. The number of amides is 2. The van der Waals surface area contributed by atoms with Crippen molar-refractivity contribution < 1.29 is 9.53 Å². The third kappa shape index (κ3) is 3.55. The zero-order valence-corrected chi connectivity index (χ0v) is 15.1. The molecule has 3 aromatic rings. The Kier molecular flexibility index (Phi) is 4.83. The van der Waals surface area contributed by atoms with Crippen LogP contribution in [0, 0.1) is 0 Å². The summed E-state index contributed by atoms with van der Waals surface area (Å²) in [5, 5.41) is 9.52. The lowest BCUT2D eigenvalue weighted by Gasteiger charge is -2.34. The number of hydrogen-bond acceptors (Lipinski definition) is 6. The highest BCUT2D eigenvalue weighted by Gasteiger charge is 2.30. The van der Waals surface area contributed by atoms with E-state index in [2.05, 4.69) is 25.5 Å². The van der Waals surface area contributed by atoms with Crippen molar-refractivity contribution in [3.05, 3.63) is 47.0 Å². The summed E-state index contributed by atoms with van der Waals surface area (Å²) in [5.74, 6) is 0.600. The maximum atomic E-state index is 12.7. The largest absolute Gasteiger partial charge is 0.377 e. The Bertz CT molecular complexity index is 883. The minimum atomic E-state index is -0.299. The number of H-pyrrole nitrogens is 1. The number of rotatable bonds is 3. The molecule has 1 unspecified atom stereocenters. The molecule has 1 aliphatic heterocycles. The number of carbonyl (C=O) groups is 1. The van der Waals surface area contributed by atoms with Gasteiger partial charge >= 0.3 is 6.03 Å². The van der Waals surface area contributed by atoms with E-state index in [1.165, 1.54) is 17.7 Å². The fourth-order valence-corrected chi connectivity index (χ4v) is 3.73. The van der Waals surface area contributed by atoms with Crippen LogP contribution >= 0.6 is 22.9 Å². The number of thiophene rings is 1. The lowest BCUT2D eigenvalue weighted by molar-refractivity contribution is 0.0118. The number of aromatic amines is 1. The fourth-order valence-electron chi connectivity index (χ4n) is 2.71. The fraction of sp³-hybridized carbons (Fsp3) is 0.250. The first-order valence-corrected chi connectivity index (χ1v) is 9.12. The van der Waals surface area contributed by atoms with Gasteiger partial charge in [0.05, 0.1) is 40.0 Å². The highest BCUT2D eigenvalue weighted by atomic mass is 35.5. The number of hydrogen-bond donors (Lipinski definition) is 2. The summed E-state index contributed by atoms with van der Waals surface area (Å²) < 4.78 is 6.18. The number of anilines is 1. The molecule has 1 fully saturated rings. The molecule has 3 aromatic heterocycles. The Labute approximate surface area is 158 Å². The van der Waals surface area contributed by atoms with Gasteiger partial charge in [0.25, 0.3) is 0 Å². The number of nitrogens with one attached hydrogen (secondary N) is 2. The molecular formula is C16H15ClN6O2S. The van der Waals surface area contributed by atoms with Crippen molar-refractivity contribution in [1.29, 1.82) is 0 Å². The second-order valence-electron chi connectivity index (χ2n) is 5.62. The summed E-state index contributed by atoms with van der Waals surface area (Å²) >= 11 is 7.42. The highest BCUT2D eigenvalue weighted by molar-refractivity contribution is 7.19. The van der Waals surface area contributed by atoms with Crippen molar-refractivity contribution in [2.45, 2.75) is 6.04 Å². The Balaban J connectivity index is 1.46. The molecule has 1 atom stereocenters. The van der Waals surface area contributed by atoms with Crippen LogP contribution in [0.1, 0.15) is 11.9 Å². The van der Waals surface area contributed by atoms with E-state index in [1.807, 2.05) is 24.3 Å². The number of morpholine rings is 1. The van der Waals surface area contributed by atoms with Crippen molar-refractivity contribution in [3.63, 3.8) is 0 Å². The van der Waals surface area contributed by atoms with Crippen molar-refractivity contribution >= 4 is 34.7 Å². The number of halogens is 1. The number of ether oxygens (including phenoxy) is 1. The molecule has 2 N–H and O–H groups in total. The molecule has 1 aliphatic rings. The van der Waals surface area contributed by atoms with Gasteiger partial charge in [-0.15, -0.1) is 11.3 Å². The topological polar surface area (TPSA) is 96.0 Å². The SMILES string of the molecule is O=C(Nc1ccc(-c2ccc(Cl)s2)nc1)N1CCOCC1c1ncn[nH]1. The van der Waals surface area contributed by atoms with Crippen LogP contribution in [0.25, 0.3) is 10.6 Å². The van der Waals surface area contributed by atoms with Gasteiger partial charge in [0.2, 0.25) is 0 Å². The third-order valence-electron chi connectivity index (χ3n) is 3.98. The van der Waals surface area contributed by atoms with Gasteiger partial charge in [0, 0.05) is 6.54 Å². The van der Waals surface area contributed by atoms with E-state index in [4.69, 9.17) is 16.3 Å². The molecular weight excluding hydrogens is 376 g/mol. The molecule has 4 heterocycles. The molecule has 4 rings (SSSR count). The van der Waals surface area contributed by atoms with Gasteiger partial charge in [-0.1, -0.05) is 11.6 Å². The molecule has 0 radical (unpaired) electrons. The van der Waals surface area contributed by atoms with E-state index in [9.17, 15) is 4.79 Å². The molecule has 8 nitrogen and oxygen atoms in total. The van der Waals surface area contributed by atoms with Gasteiger partial charge in [0.15, 0.2) is 0 Å². The van der Waals surface area contributed by atoms with Crippen LogP contribution in [0.2, 0.25) is 4.34 Å². The van der Waals surface area contributed by atoms with E-state index in [0.29, 0.717) is 35.6 Å². The van der Waals surface area contributed by atoms with Crippen LogP contribution in [-0.4, -0.2) is 50.9 Å². The number of urea groups is 1. The second-order valence-corrected chi connectivity index (χ2v) is 7.34. The van der Waals surface area contributed by atoms with Crippen molar-refractivity contribution in [2.24, 2.45) is 0 Å². The maximum Gasteiger partial charge on any atom is 0.322 e. The molecule has 10 heteroatoms. The predicted molar refractivity (Wildman–Crippen MR) is 98.2 cm³/mol. The zero-order chi connectivity index (χ0) is 17.9. The lowest BCUT2D eigenvalue weighted by Crippen LogP contribution is -2.45. The smallest absolute Gasteiger partial charge is 0.322 e. The molecule has 2 amide bonds. The lowest BCUT2D eigenvalue weighted by atomic mass is 10.2. The number of nitrogens with zero attached hydrogens (tertiary/aromatic N) is 4. The molecule has 0 bridgehead atoms. The Morgan fingerprint density at radius 2 is 2.27 bits per heavy atom. The van der Waals surface area contributed by atoms with Gasteiger partial charge in [-0.05, 0) is 24.3 Å². The summed E-state index contributed by atoms with van der Waals surface area (Å²) in [7, 11) is 0. The third-order valence-corrected chi connectivity index (χ3v) is 5.23. The number of aromatic nitrogens is 4.